The van der Waals surface area contributed by atoms with E-state index in [0.717, 1.165) is 11.0 Å². The van der Waals surface area contributed by atoms with Gasteiger partial charge in [-0.3, -0.25) is 4.79 Å². The quantitative estimate of drug-likeness (QED) is 0.799. The molecule has 19 heavy (non-hydrogen) atoms. The molecular formula is C13H17NO4S. The highest BCUT2D eigenvalue weighted by molar-refractivity contribution is 7.92. The third-order valence-electron chi connectivity index (χ3n) is 2.64. The number of rotatable bonds is 6. The van der Waals surface area contributed by atoms with Crippen LogP contribution < -0.4 is 4.72 Å². The van der Waals surface area contributed by atoms with Crippen LogP contribution in [0, 0.1) is 6.92 Å². The van der Waals surface area contributed by atoms with Crippen molar-refractivity contribution in [2.75, 3.05) is 13.7 Å². The average Bonchev–Trinajstić information content (AvgIpc) is 2.38. The fourth-order valence-corrected chi connectivity index (χ4v) is 2.14. The minimum atomic E-state index is -3.57. The second kappa shape index (κ2) is 6.49. The van der Waals surface area contributed by atoms with Crippen molar-refractivity contribution >= 4 is 16.0 Å². The summed E-state index contributed by atoms with van der Waals surface area (Å²) in [6.45, 7) is 5.03. The molecule has 0 spiro atoms. The minimum absolute atomic E-state index is 0.0650. The van der Waals surface area contributed by atoms with Gasteiger partial charge in [0.15, 0.2) is 0 Å². The van der Waals surface area contributed by atoms with Gasteiger partial charge in [-0.05, 0) is 12.5 Å². The first-order valence-electron chi connectivity index (χ1n) is 5.66. The molecule has 0 bridgehead atoms. The van der Waals surface area contributed by atoms with Crippen LogP contribution in [0.2, 0.25) is 0 Å². The third-order valence-corrected chi connectivity index (χ3v) is 3.65. The van der Waals surface area contributed by atoms with E-state index in [1.165, 1.54) is 7.11 Å². The van der Waals surface area contributed by atoms with E-state index in [9.17, 15) is 13.2 Å². The molecule has 0 aliphatic rings. The number of nitrogens with one attached hydrogen (secondary N) is 1. The fraction of sp³-hybridized carbons (Fsp3) is 0.308. The second-order valence-corrected chi connectivity index (χ2v) is 5.76. The van der Waals surface area contributed by atoms with Crippen molar-refractivity contribution in [1.82, 2.24) is 4.72 Å². The van der Waals surface area contributed by atoms with Crippen molar-refractivity contribution in [2.24, 2.45) is 0 Å². The molecule has 1 atom stereocenters. The Bertz CT molecular complexity index is 566. The largest absolute Gasteiger partial charge is 0.469 e. The number of hydrogen-bond acceptors (Lipinski definition) is 4. The molecule has 1 aromatic rings. The lowest BCUT2D eigenvalue weighted by molar-refractivity contribution is -0.142. The van der Waals surface area contributed by atoms with Crippen LogP contribution in [-0.4, -0.2) is 28.0 Å². The van der Waals surface area contributed by atoms with E-state index >= 15 is 0 Å². The molecule has 1 rings (SSSR count). The number of aryl methyl sites for hydroxylation is 1. The topological polar surface area (TPSA) is 72.5 Å². The Kier molecular flexibility index (Phi) is 5.26. The maximum absolute atomic E-state index is 11.7. The van der Waals surface area contributed by atoms with Crippen molar-refractivity contribution in [3.05, 3.63) is 47.4 Å². The summed E-state index contributed by atoms with van der Waals surface area (Å²) in [4.78, 5) is 11.7. The van der Waals surface area contributed by atoms with Crippen LogP contribution in [0.5, 0.6) is 0 Å². The maximum atomic E-state index is 11.7. The predicted molar refractivity (Wildman–Crippen MR) is 73.1 cm³/mol. The van der Waals surface area contributed by atoms with Gasteiger partial charge in [-0.2, -0.15) is 0 Å². The predicted octanol–water partition coefficient (Wildman–Crippen LogP) is 1.31. The summed E-state index contributed by atoms with van der Waals surface area (Å²) in [5.74, 6) is -1.17. The number of benzene rings is 1. The van der Waals surface area contributed by atoms with E-state index in [1.54, 1.807) is 6.07 Å². The summed E-state index contributed by atoms with van der Waals surface area (Å²) in [7, 11) is -2.30. The van der Waals surface area contributed by atoms with E-state index in [1.807, 2.05) is 25.1 Å². The number of hydrogen-bond donors (Lipinski definition) is 1. The zero-order valence-corrected chi connectivity index (χ0v) is 11.7. The Hall–Kier alpha value is -1.66. The van der Waals surface area contributed by atoms with Crippen LogP contribution in [-0.2, 0) is 19.6 Å². The van der Waals surface area contributed by atoms with Crippen LogP contribution in [0.25, 0.3) is 0 Å². The molecule has 0 aromatic heterocycles. The highest BCUT2D eigenvalue weighted by Gasteiger charge is 2.23. The number of ether oxygens (including phenoxy) is 1. The molecule has 1 aromatic carbocycles. The second-order valence-electron chi connectivity index (χ2n) is 4.05. The number of esters is 1. The Morgan fingerprint density at radius 3 is 2.74 bits per heavy atom. The molecule has 0 saturated carbocycles. The first kappa shape index (κ1) is 15.4. The molecule has 0 aliphatic carbocycles. The normalized spacial score (nSPS) is 12.7. The molecule has 5 nitrogen and oxygen atoms in total. The van der Waals surface area contributed by atoms with Gasteiger partial charge in [0.2, 0.25) is 10.0 Å². The van der Waals surface area contributed by atoms with E-state index < -0.39 is 21.9 Å². The lowest BCUT2D eigenvalue weighted by Crippen LogP contribution is -2.31. The summed E-state index contributed by atoms with van der Waals surface area (Å²) < 4.78 is 29.7. The molecule has 0 fully saturated rings. The van der Waals surface area contributed by atoms with Crippen molar-refractivity contribution in [2.45, 2.75) is 12.8 Å². The van der Waals surface area contributed by atoms with Crippen LogP contribution in [0.1, 0.15) is 17.0 Å². The Labute approximate surface area is 113 Å². The van der Waals surface area contributed by atoms with Crippen LogP contribution in [0.15, 0.2) is 36.3 Å². The SMILES string of the molecule is C=CS(=O)(=O)NCC(C(=O)OC)c1cccc(C)c1. The van der Waals surface area contributed by atoms with Gasteiger partial charge in [-0.25, -0.2) is 13.1 Å². The van der Waals surface area contributed by atoms with Gasteiger partial charge in [-0.15, -0.1) is 0 Å². The van der Waals surface area contributed by atoms with Crippen LogP contribution in [0.3, 0.4) is 0 Å². The molecule has 1 N–H and O–H groups in total. The molecule has 0 amide bonds. The van der Waals surface area contributed by atoms with Gasteiger partial charge in [0, 0.05) is 12.0 Å². The Morgan fingerprint density at radius 1 is 1.53 bits per heavy atom. The zero-order valence-electron chi connectivity index (χ0n) is 10.9. The minimum Gasteiger partial charge on any atom is -0.469 e. The number of carbonyl (C=O) groups excluding carboxylic acids is 1. The Balaban J connectivity index is 2.96. The summed E-state index contributed by atoms with van der Waals surface area (Å²) in [6, 6.07) is 7.29. The van der Waals surface area contributed by atoms with E-state index in [0.29, 0.717) is 5.56 Å². The van der Waals surface area contributed by atoms with Gasteiger partial charge in [0.05, 0.1) is 13.0 Å². The van der Waals surface area contributed by atoms with E-state index in [-0.39, 0.29) is 6.54 Å². The first-order valence-corrected chi connectivity index (χ1v) is 7.20. The summed E-state index contributed by atoms with van der Waals surface area (Å²) in [5.41, 5.74) is 1.69. The van der Waals surface area contributed by atoms with E-state index in [4.69, 9.17) is 4.74 Å². The number of carbonyl (C=O) groups is 1. The zero-order chi connectivity index (χ0) is 14.5. The van der Waals surface area contributed by atoms with E-state index in [2.05, 4.69) is 11.3 Å². The van der Waals surface area contributed by atoms with Gasteiger partial charge in [0.1, 0.15) is 0 Å². The van der Waals surface area contributed by atoms with Crippen molar-refractivity contribution in [3.8, 4) is 0 Å². The average molecular weight is 283 g/mol. The highest BCUT2D eigenvalue weighted by Crippen LogP contribution is 2.18. The lowest BCUT2D eigenvalue weighted by atomic mass is 9.98. The molecule has 6 heteroatoms. The fourth-order valence-electron chi connectivity index (χ4n) is 1.62. The lowest BCUT2D eigenvalue weighted by Gasteiger charge is -2.15. The van der Waals surface area contributed by atoms with Gasteiger partial charge < -0.3 is 4.74 Å². The number of methoxy groups -OCH3 is 1. The molecular weight excluding hydrogens is 266 g/mol. The molecule has 0 heterocycles. The smallest absolute Gasteiger partial charge is 0.314 e. The monoisotopic (exact) mass is 283 g/mol. The number of sulfonamides is 1. The summed E-state index contributed by atoms with van der Waals surface area (Å²) >= 11 is 0. The first-order chi connectivity index (χ1) is 8.89. The van der Waals surface area contributed by atoms with Crippen molar-refractivity contribution in [3.63, 3.8) is 0 Å². The van der Waals surface area contributed by atoms with Gasteiger partial charge >= 0.3 is 5.97 Å². The van der Waals surface area contributed by atoms with Gasteiger partial charge in [-0.1, -0.05) is 36.4 Å². The molecule has 0 radical (unpaired) electrons. The van der Waals surface area contributed by atoms with Crippen LogP contribution >= 0.6 is 0 Å². The molecule has 104 valence electrons. The molecule has 1 unspecified atom stereocenters. The highest BCUT2D eigenvalue weighted by atomic mass is 32.2. The molecule has 0 aliphatic heterocycles. The summed E-state index contributed by atoms with van der Waals surface area (Å²) in [6.07, 6.45) is 0. The van der Waals surface area contributed by atoms with Crippen LogP contribution in [0.4, 0.5) is 0 Å². The summed E-state index contributed by atoms with van der Waals surface area (Å²) in [5, 5.41) is 0.803. The molecule has 0 saturated heterocycles. The Morgan fingerprint density at radius 2 is 2.21 bits per heavy atom. The van der Waals surface area contributed by atoms with Crippen molar-refractivity contribution in [1.29, 1.82) is 0 Å². The maximum Gasteiger partial charge on any atom is 0.314 e. The van der Waals surface area contributed by atoms with Gasteiger partial charge in [0.25, 0.3) is 0 Å². The van der Waals surface area contributed by atoms with Crippen molar-refractivity contribution < 1.29 is 17.9 Å². The standard InChI is InChI=1S/C13H17NO4S/c1-4-19(16,17)14-9-12(13(15)18-3)11-7-5-6-10(2)8-11/h4-8,12,14H,1,9H2,2-3H3. The third kappa shape index (κ3) is 4.50.